The Morgan fingerprint density at radius 2 is 2.11 bits per heavy atom. The van der Waals surface area contributed by atoms with Gasteiger partial charge in [0.1, 0.15) is 6.07 Å². The van der Waals surface area contributed by atoms with E-state index in [1.165, 1.54) is 9.75 Å². The van der Waals surface area contributed by atoms with Crippen molar-refractivity contribution in [1.82, 2.24) is 0 Å². The van der Waals surface area contributed by atoms with Gasteiger partial charge < -0.3 is 5.32 Å². The lowest BCUT2D eigenvalue weighted by molar-refractivity contribution is 0.906. The Morgan fingerprint density at radius 1 is 1.32 bits per heavy atom. The minimum Gasteiger partial charge on any atom is -0.377 e. The topological polar surface area (TPSA) is 35.8 Å². The van der Waals surface area contributed by atoms with Gasteiger partial charge in [0.15, 0.2) is 0 Å². The minimum atomic E-state index is 0.221. The lowest BCUT2D eigenvalue weighted by atomic mass is 10.1. The van der Waals surface area contributed by atoms with Crippen molar-refractivity contribution in [1.29, 1.82) is 5.26 Å². The second-order valence-corrected chi connectivity index (χ2v) is 5.83. The second-order valence-electron chi connectivity index (χ2n) is 4.63. The van der Waals surface area contributed by atoms with Gasteiger partial charge in [-0.3, -0.25) is 0 Å². The van der Waals surface area contributed by atoms with Crippen LogP contribution in [0, 0.1) is 18.3 Å². The van der Waals surface area contributed by atoms with Gasteiger partial charge in [-0.2, -0.15) is 5.26 Å². The molecule has 2 aromatic rings. The molecule has 2 rings (SSSR count). The first-order valence-electron chi connectivity index (χ1n) is 6.50. The van der Waals surface area contributed by atoms with E-state index in [4.69, 9.17) is 0 Å². The third-order valence-corrected chi connectivity index (χ3v) is 4.63. The quantitative estimate of drug-likeness (QED) is 0.876. The molecule has 0 spiro atoms. The van der Waals surface area contributed by atoms with Crippen molar-refractivity contribution in [3.05, 3.63) is 51.2 Å². The lowest BCUT2D eigenvalue weighted by Crippen LogP contribution is -2.06. The van der Waals surface area contributed by atoms with Crippen LogP contribution < -0.4 is 5.32 Å². The summed E-state index contributed by atoms with van der Waals surface area (Å²) in [6, 6.07) is 12.8. The van der Waals surface area contributed by atoms with E-state index >= 15 is 0 Å². The van der Waals surface area contributed by atoms with E-state index in [0.29, 0.717) is 0 Å². The molecule has 0 bridgehead atoms. The van der Waals surface area contributed by atoms with Gasteiger partial charge in [-0.05, 0) is 44.0 Å². The summed E-state index contributed by atoms with van der Waals surface area (Å²) in [5.41, 5.74) is 2.67. The number of nitrogens with zero attached hydrogens (tertiary/aromatic N) is 1. The van der Waals surface area contributed by atoms with Crippen molar-refractivity contribution >= 4 is 17.0 Å². The molecule has 0 radical (unpaired) electrons. The lowest BCUT2D eigenvalue weighted by Gasteiger charge is -2.15. The van der Waals surface area contributed by atoms with Crippen LogP contribution in [0.4, 0.5) is 5.69 Å². The second kappa shape index (κ2) is 5.90. The Bertz CT molecular complexity index is 607. The molecule has 3 heteroatoms. The molecule has 0 aliphatic carbocycles. The SMILES string of the molecule is CCc1ccc(C(C)Nc2cccc(C)c2C#N)s1. The third-order valence-electron chi connectivity index (χ3n) is 3.21. The summed E-state index contributed by atoms with van der Waals surface area (Å²) in [7, 11) is 0. The molecule has 2 nitrogen and oxygen atoms in total. The Kier molecular flexibility index (Phi) is 4.24. The molecule has 0 fully saturated rings. The third kappa shape index (κ3) is 2.97. The van der Waals surface area contributed by atoms with E-state index in [1.807, 2.05) is 36.5 Å². The molecule has 0 saturated carbocycles. The highest BCUT2D eigenvalue weighted by atomic mass is 32.1. The van der Waals surface area contributed by atoms with E-state index in [9.17, 15) is 5.26 Å². The molecule has 0 saturated heterocycles. The van der Waals surface area contributed by atoms with Crippen LogP contribution in [-0.2, 0) is 6.42 Å². The summed E-state index contributed by atoms with van der Waals surface area (Å²) in [4.78, 5) is 2.70. The predicted molar refractivity (Wildman–Crippen MR) is 81.6 cm³/mol. The van der Waals surface area contributed by atoms with Crippen molar-refractivity contribution in [2.24, 2.45) is 0 Å². The van der Waals surface area contributed by atoms with Crippen LogP contribution >= 0.6 is 11.3 Å². The van der Waals surface area contributed by atoms with Gasteiger partial charge in [-0.15, -0.1) is 11.3 Å². The fourth-order valence-electron chi connectivity index (χ4n) is 2.06. The molecule has 0 amide bonds. The Labute approximate surface area is 118 Å². The summed E-state index contributed by atoms with van der Waals surface area (Å²) < 4.78 is 0. The maximum absolute atomic E-state index is 9.24. The number of aryl methyl sites for hydroxylation is 2. The zero-order valence-corrected chi connectivity index (χ0v) is 12.3. The molecule has 19 heavy (non-hydrogen) atoms. The Hall–Kier alpha value is -1.79. The largest absolute Gasteiger partial charge is 0.377 e. The fourth-order valence-corrected chi connectivity index (χ4v) is 3.01. The van der Waals surface area contributed by atoms with Crippen LogP contribution in [0.1, 0.15) is 40.8 Å². The van der Waals surface area contributed by atoms with Crippen molar-refractivity contribution in [3.8, 4) is 6.07 Å². The van der Waals surface area contributed by atoms with E-state index in [-0.39, 0.29) is 6.04 Å². The van der Waals surface area contributed by atoms with Gasteiger partial charge in [0.2, 0.25) is 0 Å². The summed E-state index contributed by atoms with van der Waals surface area (Å²) in [6.45, 7) is 6.27. The van der Waals surface area contributed by atoms with Crippen molar-refractivity contribution in [3.63, 3.8) is 0 Å². The predicted octanol–water partition coefficient (Wildman–Crippen LogP) is 4.66. The molecule has 0 aliphatic heterocycles. The number of anilines is 1. The molecule has 1 unspecified atom stereocenters. The van der Waals surface area contributed by atoms with Gasteiger partial charge in [-0.1, -0.05) is 19.1 Å². The van der Waals surface area contributed by atoms with Gasteiger partial charge >= 0.3 is 0 Å². The summed E-state index contributed by atoms with van der Waals surface area (Å²) in [6.07, 6.45) is 1.07. The van der Waals surface area contributed by atoms with Crippen LogP contribution in [0.25, 0.3) is 0 Å². The number of nitrogens with one attached hydrogen (secondary N) is 1. The zero-order valence-electron chi connectivity index (χ0n) is 11.5. The number of hydrogen-bond acceptors (Lipinski definition) is 3. The Morgan fingerprint density at radius 3 is 2.74 bits per heavy atom. The van der Waals surface area contributed by atoms with Crippen LogP contribution in [0.2, 0.25) is 0 Å². The van der Waals surface area contributed by atoms with E-state index in [2.05, 4.69) is 37.4 Å². The molecular formula is C16H18N2S. The molecule has 98 valence electrons. The number of nitriles is 1. The number of rotatable bonds is 4. The van der Waals surface area contributed by atoms with Crippen LogP contribution in [0.3, 0.4) is 0 Å². The maximum Gasteiger partial charge on any atom is 0.102 e. The number of benzene rings is 1. The molecule has 1 aromatic heterocycles. The van der Waals surface area contributed by atoms with Gasteiger partial charge in [0, 0.05) is 9.75 Å². The van der Waals surface area contributed by atoms with E-state index in [0.717, 1.165) is 23.2 Å². The molecule has 1 N–H and O–H groups in total. The highest BCUT2D eigenvalue weighted by Crippen LogP contribution is 2.28. The first kappa shape index (κ1) is 13.6. The van der Waals surface area contributed by atoms with Gasteiger partial charge in [-0.25, -0.2) is 0 Å². The number of thiophene rings is 1. The first-order valence-corrected chi connectivity index (χ1v) is 7.32. The average molecular weight is 270 g/mol. The first-order chi connectivity index (χ1) is 9.15. The van der Waals surface area contributed by atoms with Gasteiger partial charge in [0.25, 0.3) is 0 Å². The standard InChI is InChI=1S/C16H18N2S/c1-4-13-8-9-16(19-13)12(3)18-15-7-5-6-11(2)14(15)10-17/h5-9,12,18H,4H2,1-3H3. The Balaban J connectivity index is 2.22. The maximum atomic E-state index is 9.24. The molecule has 1 atom stereocenters. The van der Waals surface area contributed by atoms with Crippen LogP contribution in [0.5, 0.6) is 0 Å². The number of hydrogen-bond donors (Lipinski definition) is 1. The zero-order chi connectivity index (χ0) is 13.8. The molecular weight excluding hydrogens is 252 g/mol. The van der Waals surface area contributed by atoms with E-state index in [1.54, 1.807) is 0 Å². The normalized spacial score (nSPS) is 11.9. The van der Waals surface area contributed by atoms with Crippen molar-refractivity contribution < 1.29 is 0 Å². The summed E-state index contributed by atoms with van der Waals surface area (Å²) in [5, 5.41) is 12.7. The molecule has 1 aromatic carbocycles. The minimum absolute atomic E-state index is 0.221. The van der Waals surface area contributed by atoms with Crippen molar-refractivity contribution in [2.75, 3.05) is 5.32 Å². The van der Waals surface area contributed by atoms with E-state index < -0.39 is 0 Å². The van der Waals surface area contributed by atoms with Gasteiger partial charge in [0.05, 0.1) is 17.3 Å². The fraction of sp³-hybridized carbons (Fsp3) is 0.312. The highest BCUT2D eigenvalue weighted by Gasteiger charge is 2.11. The monoisotopic (exact) mass is 270 g/mol. The van der Waals surface area contributed by atoms with Crippen molar-refractivity contribution in [2.45, 2.75) is 33.2 Å². The molecule has 0 aliphatic rings. The smallest absolute Gasteiger partial charge is 0.102 e. The highest BCUT2D eigenvalue weighted by molar-refractivity contribution is 7.12. The summed E-state index contributed by atoms with van der Waals surface area (Å²) >= 11 is 1.83. The van der Waals surface area contributed by atoms with Crippen LogP contribution in [-0.4, -0.2) is 0 Å². The average Bonchev–Trinajstić information content (AvgIpc) is 2.88. The van der Waals surface area contributed by atoms with Crippen LogP contribution in [0.15, 0.2) is 30.3 Å². The molecule has 1 heterocycles. The summed E-state index contributed by atoms with van der Waals surface area (Å²) in [5.74, 6) is 0.